The Kier molecular flexibility index (Phi) is 4.57. The number of amides is 1. The Labute approximate surface area is 160 Å². The molecule has 2 aliphatic heterocycles. The second-order valence-corrected chi connectivity index (χ2v) is 7.23. The van der Waals surface area contributed by atoms with E-state index < -0.39 is 0 Å². The summed E-state index contributed by atoms with van der Waals surface area (Å²) in [6.45, 7) is 2.74. The van der Waals surface area contributed by atoms with Crippen LogP contribution in [-0.2, 0) is 4.79 Å². The Hall–Kier alpha value is -2.51. The molecule has 0 N–H and O–H groups in total. The number of carbonyl (C=O) groups is 1. The van der Waals surface area contributed by atoms with Gasteiger partial charge < -0.3 is 14.2 Å². The molecule has 132 valence electrons. The number of hydrogen-bond acceptors (Lipinski definition) is 6. The minimum Gasteiger partial charge on any atom is -0.494 e. The minimum atomic E-state index is -0.137. The van der Waals surface area contributed by atoms with Crippen molar-refractivity contribution >= 4 is 46.0 Å². The van der Waals surface area contributed by atoms with Crippen LogP contribution < -0.4 is 19.1 Å². The first-order valence-electron chi connectivity index (χ1n) is 8.06. The van der Waals surface area contributed by atoms with E-state index in [4.69, 9.17) is 26.4 Å². The van der Waals surface area contributed by atoms with Crippen molar-refractivity contribution in [1.29, 1.82) is 0 Å². The Morgan fingerprint density at radius 1 is 1.19 bits per heavy atom. The zero-order valence-corrected chi connectivity index (χ0v) is 15.6. The van der Waals surface area contributed by atoms with Gasteiger partial charge in [0, 0.05) is 0 Å². The van der Waals surface area contributed by atoms with Crippen molar-refractivity contribution in [3.8, 4) is 17.2 Å². The monoisotopic (exact) mass is 385 g/mol. The van der Waals surface area contributed by atoms with E-state index in [9.17, 15) is 4.79 Å². The van der Waals surface area contributed by atoms with Gasteiger partial charge in [-0.2, -0.15) is 0 Å². The van der Waals surface area contributed by atoms with Gasteiger partial charge in [0.15, 0.2) is 15.8 Å². The average molecular weight is 385 g/mol. The standard InChI is InChI=1S/C19H15NO4S2/c1-2-22-14-6-4-13(5-7-14)20-18(21)17(26-19(20)25)10-12-3-8-15-16(9-12)24-11-23-15/h3-10H,2,11H2,1H3/b17-10-. The first-order valence-corrected chi connectivity index (χ1v) is 9.28. The predicted octanol–water partition coefficient (Wildman–Crippen LogP) is 4.22. The number of rotatable bonds is 4. The van der Waals surface area contributed by atoms with Gasteiger partial charge in [-0.05, 0) is 55.0 Å². The van der Waals surface area contributed by atoms with Crippen molar-refractivity contribution in [3.63, 3.8) is 0 Å². The first kappa shape index (κ1) is 16.9. The van der Waals surface area contributed by atoms with E-state index in [0.29, 0.717) is 27.3 Å². The Bertz CT molecular complexity index is 908. The van der Waals surface area contributed by atoms with Crippen molar-refractivity contribution in [2.45, 2.75) is 6.92 Å². The first-order chi connectivity index (χ1) is 12.7. The van der Waals surface area contributed by atoms with Crippen LogP contribution >= 0.6 is 24.0 Å². The van der Waals surface area contributed by atoms with E-state index >= 15 is 0 Å². The summed E-state index contributed by atoms with van der Waals surface area (Å²) in [4.78, 5) is 14.9. The van der Waals surface area contributed by atoms with Gasteiger partial charge in [-0.15, -0.1) is 0 Å². The Balaban J connectivity index is 1.58. The van der Waals surface area contributed by atoms with E-state index in [0.717, 1.165) is 17.0 Å². The minimum absolute atomic E-state index is 0.137. The molecule has 0 aromatic heterocycles. The SMILES string of the molecule is CCOc1ccc(N2C(=O)/C(=C/c3ccc4c(c3)OCO4)SC2=S)cc1. The van der Waals surface area contributed by atoms with Crippen LogP contribution in [0.15, 0.2) is 47.4 Å². The highest BCUT2D eigenvalue weighted by atomic mass is 32.2. The quantitative estimate of drug-likeness (QED) is 0.580. The molecule has 2 aliphatic rings. The Morgan fingerprint density at radius 3 is 2.73 bits per heavy atom. The van der Waals surface area contributed by atoms with Gasteiger partial charge in [-0.3, -0.25) is 9.69 Å². The zero-order chi connectivity index (χ0) is 18.1. The summed E-state index contributed by atoms with van der Waals surface area (Å²) in [7, 11) is 0. The lowest BCUT2D eigenvalue weighted by molar-refractivity contribution is -0.113. The Morgan fingerprint density at radius 2 is 1.96 bits per heavy atom. The van der Waals surface area contributed by atoms with Crippen molar-refractivity contribution in [1.82, 2.24) is 0 Å². The largest absolute Gasteiger partial charge is 0.494 e. The molecular formula is C19H15NO4S2. The summed E-state index contributed by atoms with van der Waals surface area (Å²) in [5, 5.41) is 0. The number of benzene rings is 2. The van der Waals surface area contributed by atoms with Gasteiger partial charge >= 0.3 is 0 Å². The summed E-state index contributed by atoms with van der Waals surface area (Å²) in [6, 6.07) is 12.9. The molecule has 0 saturated carbocycles. The molecule has 2 aromatic rings. The second-order valence-electron chi connectivity index (χ2n) is 5.56. The summed E-state index contributed by atoms with van der Waals surface area (Å²) >= 11 is 6.69. The van der Waals surface area contributed by atoms with E-state index in [-0.39, 0.29) is 12.7 Å². The molecule has 4 rings (SSSR count). The van der Waals surface area contributed by atoms with Crippen LogP contribution in [0.25, 0.3) is 6.08 Å². The number of fused-ring (bicyclic) bond motifs is 1. The van der Waals surface area contributed by atoms with E-state index in [1.807, 2.05) is 55.5 Å². The third kappa shape index (κ3) is 3.15. The van der Waals surface area contributed by atoms with E-state index in [1.54, 1.807) is 0 Å². The van der Waals surface area contributed by atoms with Crippen molar-refractivity contribution in [2.24, 2.45) is 0 Å². The fraction of sp³-hybridized carbons (Fsp3) is 0.158. The van der Waals surface area contributed by atoms with Crippen molar-refractivity contribution in [2.75, 3.05) is 18.3 Å². The topological polar surface area (TPSA) is 48.0 Å². The fourth-order valence-corrected chi connectivity index (χ4v) is 4.00. The molecule has 0 spiro atoms. The fourth-order valence-electron chi connectivity index (χ4n) is 2.70. The maximum Gasteiger partial charge on any atom is 0.270 e. The number of thiocarbonyl (C=S) groups is 1. The van der Waals surface area contributed by atoms with Gasteiger partial charge in [-0.25, -0.2) is 0 Å². The number of ether oxygens (including phenoxy) is 3. The lowest BCUT2D eigenvalue weighted by atomic mass is 10.2. The molecule has 0 aliphatic carbocycles. The van der Waals surface area contributed by atoms with Gasteiger partial charge in [0.25, 0.3) is 5.91 Å². The molecule has 26 heavy (non-hydrogen) atoms. The molecule has 7 heteroatoms. The number of hydrogen-bond donors (Lipinski definition) is 0. The molecule has 1 amide bonds. The van der Waals surface area contributed by atoms with Crippen LogP contribution in [0.2, 0.25) is 0 Å². The third-order valence-electron chi connectivity index (χ3n) is 3.89. The van der Waals surface area contributed by atoms with Crippen LogP contribution in [0.1, 0.15) is 12.5 Å². The maximum atomic E-state index is 12.8. The molecule has 0 radical (unpaired) electrons. The molecule has 5 nitrogen and oxygen atoms in total. The highest BCUT2D eigenvalue weighted by molar-refractivity contribution is 8.27. The number of anilines is 1. The van der Waals surface area contributed by atoms with Crippen LogP contribution in [0, 0.1) is 0 Å². The molecular weight excluding hydrogens is 370 g/mol. The summed E-state index contributed by atoms with van der Waals surface area (Å²) in [6.07, 6.45) is 1.82. The van der Waals surface area contributed by atoms with Crippen LogP contribution in [0.4, 0.5) is 5.69 Å². The molecule has 0 atom stereocenters. The number of thioether (sulfide) groups is 1. The van der Waals surface area contributed by atoms with Crippen molar-refractivity contribution in [3.05, 3.63) is 52.9 Å². The maximum absolute atomic E-state index is 12.8. The van der Waals surface area contributed by atoms with Gasteiger partial charge in [-0.1, -0.05) is 30.0 Å². The molecule has 2 aromatic carbocycles. The number of carbonyl (C=O) groups excluding carboxylic acids is 1. The summed E-state index contributed by atoms with van der Waals surface area (Å²) < 4.78 is 16.6. The highest BCUT2D eigenvalue weighted by Gasteiger charge is 2.33. The van der Waals surface area contributed by atoms with Gasteiger partial charge in [0.1, 0.15) is 5.75 Å². The average Bonchev–Trinajstić information content (AvgIpc) is 3.20. The van der Waals surface area contributed by atoms with E-state index in [2.05, 4.69) is 0 Å². The second kappa shape index (κ2) is 7.01. The van der Waals surface area contributed by atoms with E-state index in [1.165, 1.54) is 16.7 Å². The predicted molar refractivity (Wildman–Crippen MR) is 106 cm³/mol. The smallest absolute Gasteiger partial charge is 0.270 e. The van der Waals surface area contributed by atoms with Crippen LogP contribution in [0.5, 0.6) is 17.2 Å². The third-order valence-corrected chi connectivity index (χ3v) is 5.20. The lowest BCUT2D eigenvalue weighted by Crippen LogP contribution is -2.27. The van der Waals surface area contributed by atoms with Crippen LogP contribution in [-0.4, -0.2) is 23.6 Å². The normalized spacial score (nSPS) is 17.3. The molecule has 0 bridgehead atoms. The lowest BCUT2D eigenvalue weighted by Gasteiger charge is -2.15. The van der Waals surface area contributed by atoms with Crippen LogP contribution in [0.3, 0.4) is 0 Å². The summed E-state index contributed by atoms with van der Waals surface area (Å²) in [5.41, 5.74) is 1.59. The van der Waals surface area contributed by atoms with Crippen molar-refractivity contribution < 1.29 is 19.0 Å². The molecule has 2 heterocycles. The molecule has 1 fully saturated rings. The highest BCUT2D eigenvalue weighted by Crippen LogP contribution is 2.38. The number of nitrogens with zero attached hydrogens (tertiary/aromatic N) is 1. The van der Waals surface area contributed by atoms with Gasteiger partial charge in [0.2, 0.25) is 6.79 Å². The van der Waals surface area contributed by atoms with Gasteiger partial charge in [0.05, 0.1) is 17.2 Å². The molecule has 1 saturated heterocycles. The molecule has 0 unspecified atom stereocenters. The summed E-state index contributed by atoms with van der Waals surface area (Å²) in [5.74, 6) is 2.02. The zero-order valence-electron chi connectivity index (χ0n) is 13.9.